The fourth-order valence-electron chi connectivity index (χ4n) is 1.51. The largest absolute Gasteiger partial charge is 0.465 e. The summed E-state index contributed by atoms with van der Waals surface area (Å²) >= 11 is 5.91. The van der Waals surface area contributed by atoms with Crippen LogP contribution in [0.5, 0.6) is 0 Å². The van der Waals surface area contributed by atoms with E-state index in [4.69, 9.17) is 21.6 Å². The van der Waals surface area contributed by atoms with Crippen LogP contribution in [0.15, 0.2) is 18.2 Å². The number of benzene rings is 1. The highest BCUT2D eigenvalue weighted by Crippen LogP contribution is 2.28. The molecule has 0 saturated carbocycles. The number of hydrogen-bond acceptors (Lipinski definition) is 3. The SMILES string of the molecule is CCOC(=O)C(C)(C#N)Cc1cc(F)ccc1Cl. The van der Waals surface area contributed by atoms with Crippen molar-refractivity contribution < 1.29 is 13.9 Å². The van der Waals surface area contributed by atoms with Crippen LogP contribution in [0.1, 0.15) is 19.4 Å². The van der Waals surface area contributed by atoms with Crippen molar-refractivity contribution in [2.45, 2.75) is 20.3 Å². The van der Waals surface area contributed by atoms with Gasteiger partial charge in [-0.05, 0) is 37.6 Å². The number of rotatable bonds is 4. The second-order valence-electron chi connectivity index (χ2n) is 4.08. The van der Waals surface area contributed by atoms with Crippen molar-refractivity contribution in [2.24, 2.45) is 5.41 Å². The molecule has 0 heterocycles. The first-order valence-corrected chi connectivity index (χ1v) is 5.83. The van der Waals surface area contributed by atoms with Crippen LogP contribution >= 0.6 is 11.6 Å². The summed E-state index contributed by atoms with van der Waals surface area (Å²) in [6, 6.07) is 5.74. The fourth-order valence-corrected chi connectivity index (χ4v) is 1.69. The molecule has 1 aromatic carbocycles. The molecule has 0 radical (unpaired) electrons. The molecule has 0 saturated heterocycles. The maximum absolute atomic E-state index is 13.1. The maximum Gasteiger partial charge on any atom is 0.326 e. The molecule has 0 spiro atoms. The third-order valence-electron chi connectivity index (χ3n) is 2.52. The quantitative estimate of drug-likeness (QED) is 0.789. The first-order valence-electron chi connectivity index (χ1n) is 5.45. The van der Waals surface area contributed by atoms with E-state index in [2.05, 4.69) is 0 Å². The van der Waals surface area contributed by atoms with Crippen molar-refractivity contribution in [1.29, 1.82) is 5.26 Å². The summed E-state index contributed by atoms with van der Waals surface area (Å²) in [5.74, 6) is -1.09. The molecular formula is C13H13ClFNO2. The fraction of sp³-hybridized carbons (Fsp3) is 0.385. The van der Waals surface area contributed by atoms with E-state index in [0.717, 1.165) is 0 Å². The Bertz CT molecular complexity index is 498. The van der Waals surface area contributed by atoms with Gasteiger partial charge >= 0.3 is 5.97 Å². The average Bonchev–Trinajstić information content (AvgIpc) is 2.34. The molecule has 1 atom stereocenters. The highest BCUT2D eigenvalue weighted by atomic mass is 35.5. The Morgan fingerprint density at radius 3 is 2.83 bits per heavy atom. The second-order valence-corrected chi connectivity index (χ2v) is 4.48. The highest BCUT2D eigenvalue weighted by Gasteiger charge is 2.35. The van der Waals surface area contributed by atoms with E-state index in [9.17, 15) is 9.18 Å². The Balaban J connectivity index is 3.02. The van der Waals surface area contributed by atoms with Gasteiger partial charge in [-0.15, -0.1) is 0 Å². The van der Waals surface area contributed by atoms with Gasteiger partial charge in [0.1, 0.15) is 5.82 Å². The van der Waals surface area contributed by atoms with E-state index in [-0.39, 0.29) is 13.0 Å². The van der Waals surface area contributed by atoms with Gasteiger partial charge in [-0.1, -0.05) is 11.6 Å². The lowest BCUT2D eigenvalue weighted by molar-refractivity contribution is -0.151. The summed E-state index contributed by atoms with van der Waals surface area (Å²) in [5, 5.41) is 9.44. The molecule has 1 unspecified atom stereocenters. The zero-order chi connectivity index (χ0) is 13.8. The van der Waals surface area contributed by atoms with Crippen molar-refractivity contribution in [3.8, 4) is 6.07 Å². The van der Waals surface area contributed by atoms with Crippen LogP contribution in [0.3, 0.4) is 0 Å². The summed E-state index contributed by atoms with van der Waals surface area (Å²) in [6.45, 7) is 3.30. The summed E-state index contributed by atoms with van der Waals surface area (Å²) in [6.07, 6.45) is 0.0128. The minimum Gasteiger partial charge on any atom is -0.465 e. The molecule has 0 bridgehead atoms. The number of halogens is 2. The summed E-state index contributed by atoms with van der Waals surface area (Å²) in [7, 11) is 0. The van der Waals surface area contributed by atoms with Crippen molar-refractivity contribution in [3.63, 3.8) is 0 Å². The molecular weight excluding hydrogens is 257 g/mol. The predicted molar refractivity (Wildman–Crippen MR) is 65.5 cm³/mol. The Morgan fingerprint density at radius 2 is 2.28 bits per heavy atom. The van der Waals surface area contributed by atoms with Crippen LogP contribution in [-0.2, 0) is 16.0 Å². The van der Waals surface area contributed by atoms with Gasteiger partial charge in [0.2, 0.25) is 0 Å². The van der Waals surface area contributed by atoms with Crippen LogP contribution in [0, 0.1) is 22.6 Å². The number of hydrogen-bond donors (Lipinski definition) is 0. The number of nitriles is 1. The van der Waals surface area contributed by atoms with Crippen LogP contribution in [-0.4, -0.2) is 12.6 Å². The molecule has 0 aliphatic carbocycles. The van der Waals surface area contributed by atoms with Crippen molar-refractivity contribution in [1.82, 2.24) is 0 Å². The first kappa shape index (κ1) is 14.5. The van der Waals surface area contributed by atoms with E-state index in [1.807, 2.05) is 6.07 Å². The smallest absolute Gasteiger partial charge is 0.326 e. The van der Waals surface area contributed by atoms with Gasteiger partial charge in [0.15, 0.2) is 5.41 Å². The first-order chi connectivity index (χ1) is 8.42. The Hall–Kier alpha value is -1.60. The standard InChI is InChI=1S/C13H13ClFNO2/c1-3-18-12(17)13(2,8-16)7-9-6-10(15)4-5-11(9)14/h4-6H,3,7H2,1-2H3. The van der Waals surface area contributed by atoms with Gasteiger partial charge in [0.25, 0.3) is 0 Å². The summed E-state index contributed by atoms with van der Waals surface area (Å²) < 4.78 is 18.0. The number of ether oxygens (including phenoxy) is 1. The Labute approximate surface area is 110 Å². The molecule has 3 nitrogen and oxygen atoms in total. The van der Waals surface area contributed by atoms with E-state index >= 15 is 0 Å². The van der Waals surface area contributed by atoms with E-state index < -0.39 is 17.2 Å². The van der Waals surface area contributed by atoms with Crippen LogP contribution in [0.2, 0.25) is 5.02 Å². The molecule has 0 aromatic heterocycles. The molecule has 0 N–H and O–H groups in total. The van der Waals surface area contributed by atoms with Crippen molar-refractivity contribution >= 4 is 17.6 Å². The third kappa shape index (κ3) is 3.21. The molecule has 1 rings (SSSR count). The number of carbonyl (C=O) groups is 1. The van der Waals surface area contributed by atoms with Gasteiger partial charge in [-0.2, -0.15) is 5.26 Å². The number of esters is 1. The van der Waals surface area contributed by atoms with Crippen molar-refractivity contribution in [3.05, 3.63) is 34.6 Å². The lowest BCUT2D eigenvalue weighted by atomic mass is 9.85. The zero-order valence-electron chi connectivity index (χ0n) is 10.2. The van der Waals surface area contributed by atoms with E-state index in [0.29, 0.717) is 10.6 Å². The van der Waals surface area contributed by atoms with Crippen LogP contribution in [0.4, 0.5) is 4.39 Å². The molecule has 96 valence electrons. The topological polar surface area (TPSA) is 50.1 Å². The normalized spacial score (nSPS) is 13.5. The summed E-state index contributed by atoms with van der Waals surface area (Å²) in [5.41, 5.74) is -0.957. The Morgan fingerprint density at radius 1 is 1.61 bits per heavy atom. The predicted octanol–water partition coefficient (Wildman–Crippen LogP) is 3.11. The molecule has 0 aliphatic heterocycles. The second kappa shape index (κ2) is 5.83. The van der Waals surface area contributed by atoms with Crippen molar-refractivity contribution in [2.75, 3.05) is 6.61 Å². The van der Waals surface area contributed by atoms with Gasteiger partial charge in [0, 0.05) is 11.4 Å². The monoisotopic (exact) mass is 269 g/mol. The van der Waals surface area contributed by atoms with E-state index in [1.165, 1.54) is 25.1 Å². The minimum absolute atomic E-state index is 0.0128. The molecule has 0 amide bonds. The van der Waals surface area contributed by atoms with Crippen LogP contribution in [0.25, 0.3) is 0 Å². The molecule has 0 fully saturated rings. The minimum atomic E-state index is -1.37. The Kier molecular flexibility index (Phi) is 4.69. The van der Waals surface area contributed by atoms with Gasteiger partial charge in [-0.25, -0.2) is 4.39 Å². The van der Waals surface area contributed by atoms with Crippen LogP contribution < -0.4 is 0 Å². The average molecular weight is 270 g/mol. The lowest BCUT2D eigenvalue weighted by Crippen LogP contribution is -2.30. The number of carbonyl (C=O) groups excluding carboxylic acids is 1. The number of nitrogens with zero attached hydrogens (tertiary/aromatic N) is 1. The molecule has 0 aliphatic rings. The zero-order valence-corrected chi connectivity index (χ0v) is 10.9. The van der Waals surface area contributed by atoms with E-state index in [1.54, 1.807) is 6.92 Å². The molecule has 5 heteroatoms. The highest BCUT2D eigenvalue weighted by molar-refractivity contribution is 6.31. The van der Waals surface area contributed by atoms with Gasteiger partial charge in [-0.3, -0.25) is 4.79 Å². The van der Waals surface area contributed by atoms with Gasteiger partial charge in [0.05, 0.1) is 12.7 Å². The molecule has 18 heavy (non-hydrogen) atoms. The van der Waals surface area contributed by atoms with Gasteiger partial charge < -0.3 is 4.74 Å². The third-order valence-corrected chi connectivity index (χ3v) is 2.89. The molecule has 1 aromatic rings. The maximum atomic E-state index is 13.1. The lowest BCUT2D eigenvalue weighted by Gasteiger charge is -2.19. The summed E-state index contributed by atoms with van der Waals surface area (Å²) in [4.78, 5) is 11.7.